The van der Waals surface area contributed by atoms with Crippen LogP contribution in [0.2, 0.25) is 0 Å². The molecular weight excluding hydrogens is 232 g/mol. The van der Waals surface area contributed by atoms with Crippen LogP contribution in [0.25, 0.3) is 0 Å². The van der Waals surface area contributed by atoms with Crippen molar-refractivity contribution in [2.75, 3.05) is 0 Å². The highest BCUT2D eigenvalue weighted by atomic mass is 16.3. The number of hydrogen-bond donors (Lipinski definition) is 1. The Morgan fingerprint density at radius 3 is 1.58 bits per heavy atom. The third-order valence-corrected chi connectivity index (χ3v) is 3.57. The molecule has 0 heterocycles. The molecule has 1 N–H and O–H groups in total. The van der Waals surface area contributed by atoms with E-state index in [1.165, 1.54) is 16.7 Å². The summed E-state index contributed by atoms with van der Waals surface area (Å²) in [7, 11) is 0. The zero-order valence-electron chi connectivity index (χ0n) is 12.4. The zero-order chi connectivity index (χ0) is 14.2. The molecule has 0 spiro atoms. The topological polar surface area (TPSA) is 20.2 Å². The van der Waals surface area contributed by atoms with Crippen molar-refractivity contribution in [2.45, 2.75) is 40.7 Å². The van der Waals surface area contributed by atoms with Gasteiger partial charge in [0.15, 0.2) is 0 Å². The van der Waals surface area contributed by atoms with Crippen molar-refractivity contribution < 1.29 is 5.11 Å². The molecule has 19 heavy (non-hydrogen) atoms. The number of aliphatic hydroxyl groups excluding tert-OH is 1. The molecule has 0 bridgehead atoms. The Balaban J connectivity index is 2.52. The van der Waals surface area contributed by atoms with Gasteiger partial charge in [-0.3, -0.25) is 0 Å². The fourth-order valence-electron chi connectivity index (χ4n) is 2.96. The summed E-state index contributed by atoms with van der Waals surface area (Å²) in [5, 5.41) is 10.7. The summed E-state index contributed by atoms with van der Waals surface area (Å²) in [6, 6.07) is 10.5. The minimum atomic E-state index is -0.542. The Hall–Kier alpha value is -1.60. The molecule has 2 aromatic rings. The molecule has 1 nitrogen and oxygen atoms in total. The predicted octanol–water partition coefficient (Wildman–Crippen LogP) is 4.31. The third-order valence-electron chi connectivity index (χ3n) is 3.57. The van der Waals surface area contributed by atoms with Gasteiger partial charge < -0.3 is 5.11 Å². The molecule has 0 fully saturated rings. The first kappa shape index (κ1) is 13.8. The normalized spacial score (nSPS) is 12.5. The summed E-state index contributed by atoms with van der Waals surface area (Å²) in [4.78, 5) is 0. The van der Waals surface area contributed by atoms with Gasteiger partial charge in [0.1, 0.15) is 6.10 Å². The molecule has 0 saturated carbocycles. The molecule has 0 amide bonds. The van der Waals surface area contributed by atoms with Crippen LogP contribution in [-0.2, 0) is 0 Å². The van der Waals surface area contributed by atoms with E-state index in [9.17, 15) is 5.11 Å². The molecule has 1 unspecified atom stereocenters. The molecule has 0 aliphatic carbocycles. The van der Waals surface area contributed by atoms with Gasteiger partial charge in [-0.15, -0.1) is 0 Å². The van der Waals surface area contributed by atoms with Crippen LogP contribution in [0.1, 0.15) is 45.0 Å². The van der Waals surface area contributed by atoms with Crippen LogP contribution in [0.15, 0.2) is 30.3 Å². The third kappa shape index (κ3) is 2.87. The fraction of sp³-hybridized carbons (Fsp3) is 0.333. The summed E-state index contributed by atoms with van der Waals surface area (Å²) in [6.45, 7) is 10.4. The zero-order valence-corrected chi connectivity index (χ0v) is 12.4. The summed E-state index contributed by atoms with van der Waals surface area (Å²) < 4.78 is 0. The molecule has 1 heteroatoms. The lowest BCUT2D eigenvalue weighted by Crippen LogP contribution is -2.05. The van der Waals surface area contributed by atoms with E-state index in [-0.39, 0.29) is 0 Å². The Morgan fingerprint density at radius 1 is 0.684 bits per heavy atom. The number of rotatable bonds is 2. The van der Waals surface area contributed by atoms with E-state index in [1.807, 2.05) is 0 Å². The lowest BCUT2D eigenvalue weighted by molar-refractivity contribution is 0.218. The summed E-state index contributed by atoms with van der Waals surface area (Å²) in [6.07, 6.45) is -0.542. The number of aryl methyl sites for hydroxylation is 5. The van der Waals surface area contributed by atoms with Crippen molar-refractivity contribution in [3.05, 3.63) is 69.3 Å². The summed E-state index contributed by atoms with van der Waals surface area (Å²) in [5.41, 5.74) is 7.95. The highest BCUT2D eigenvalue weighted by Gasteiger charge is 2.16. The van der Waals surface area contributed by atoms with Crippen molar-refractivity contribution in [3.63, 3.8) is 0 Å². The average molecular weight is 254 g/mol. The van der Waals surface area contributed by atoms with Crippen LogP contribution >= 0.6 is 0 Å². The summed E-state index contributed by atoms with van der Waals surface area (Å²) in [5.74, 6) is 0. The SMILES string of the molecule is Cc1cc(C)cc(C(O)c2c(C)cc(C)cc2C)c1. The van der Waals surface area contributed by atoms with Gasteiger partial charge in [-0.2, -0.15) is 0 Å². The van der Waals surface area contributed by atoms with Crippen molar-refractivity contribution in [2.24, 2.45) is 0 Å². The fourth-order valence-corrected chi connectivity index (χ4v) is 2.96. The molecule has 100 valence electrons. The number of benzene rings is 2. The second-order valence-electron chi connectivity index (χ2n) is 5.64. The van der Waals surface area contributed by atoms with Crippen LogP contribution in [-0.4, -0.2) is 5.11 Å². The lowest BCUT2D eigenvalue weighted by atomic mass is 9.91. The van der Waals surface area contributed by atoms with Crippen LogP contribution < -0.4 is 0 Å². The Bertz CT molecular complexity index is 568. The van der Waals surface area contributed by atoms with Gasteiger partial charge in [0.05, 0.1) is 0 Å². The highest BCUT2D eigenvalue weighted by Crippen LogP contribution is 2.29. The molecule has 0 aliphatic heterocycles. The van der Waals surface area contributed by atoms with Gasteiger partial charge in [0.25, 0.3) is 0 Å². The van der Waals surface area contributed by atoms with Gasteiger partial charge in [0.2, 0.25) is 0 Å². The van der Waals surface area contributed by atoms with Gasteiger partial charge in [-0.25, -0.2) is 0 Å². The second-order valence-corrected chi connectivity index (χ2v) is 5.64. The Labute approximate surface area is 115 Å². The monoisotopic (exact) mass is 254 g/mol. The highest BCUT2D eigenvalue weighted by molar-refractivity contribution is 5.44. The van der Waals surface area contributed by atoms with Crippen molar-refractivity contribution in [3.8, 4) is 0 Å². The van der Waals surface area contributed by atoms with E-state index in [4.69, 9.17) is 0 Å². The molecular formula is C18H22O. The minimum absolute atomic E-state index is 0.542. The van der Waals surface area contributed by atoms with E-state index in [1.54, 1.807) is 0 Å². The molecule has 1 atom stereocenters. The number of hydrogen-bond acceptors (Lipinski definition) is 1. The van der Waals surface area contributed by atoms with Crippen molar-refractivity contribution in [1.82, 2.24) is 0 Å². The maximum atomic E-state index is 10.7. The van der Waals surface area contributed by atoms with Crippen LogP contribution in [0.3, 0.4) is 0 Å². The Kier molecular flexibility index (Phi) is 3.77. The predicted molar refractivity (Wildman–Crippen MR) is 80.6 cm³/mol. The van der Waals surface area contributed by atoms with Crippen molar-refractivity contribution >= 4 is 0 Å². The second kappa shape index (κ2) is 5.18. The maximum Gasteiger partial charge on any atom is 0.105 e. The first-order chi connectivity index (χ1) is 8.88. The quantitative estimate of drug-likeness (QED) is 0.846. The van der Waals surface area contributed by atoms with E-state index in [2.05, 4.69) is 65.0 Å². The van der Waals surface area contributed by atoms with E-state index >= 15 is 0 Å². The maximum absolute atomic E-state index is 10.7. The van der Waals surface area contributed by atoms with Gasteiger partial charge in [-0.05, 0) is 56.9 Å². The smallest absolute Gasteiger partial charge is 0.105 e. The van der Waals surface area contributed by atoms with E-state index < -0.39 is 6.10 Å². The molecule has 0 saturated heterocycles. The standard InChI is InChI=1S/C18H22O/c1-11-6-12(2)10-16(9-11)18(19)17-14(4)7-13(3)8-15(17)5/h6-10,18-19H,1-5H3. The van der Waals surface area contributed by atoms with E-state index in [0.29, 0.717) is 0 Å². The first-order valence-corrected chi connectivity index (χ1v) is 6.72. The van der Waals surface area contributed by atoms with Crippen LogP contribution in [0.5, 0.6) is 0 Å². The summed E-state index contributed by atoms with van der Waals surface area (Å²) >= 11 is 0. The lowest BCUT2D eigenvalue weighted by Gasteiger charge is -2.19. The first-order valence-electron chi connectivity index (χ1n) is 6.72. The minimum Gasteiger partial charge on any atom is -0.384 e. The van der Waals surface area contributed by atoms with Gasteiger partial charge in [0, 0.05) is 0 Å². The Morgan fingerprint density at radius 2 is 1.11 bits per heavy atom. The molecule has 0 aromatic heterocycles. The van der Waals surface area contributed by atoms with Gasteiger partial charge in [-0.1, -0.05) is 47.0 Å². The molecule has 0 radical (unpaired) electrons. The van der Waals surface area contributed by atoms with Crippen LogP contribution in [0, 0.1) is 34.6 Å². The molecule has 2 aromatic carbocycles. The van der Waals surface area contributed by atoms with Gasteiger partial charge >= 0.3 is 0 Å². The van der Waals surface area contributed by atoms with Crippen LogP contribution in [0.4, 0.5) is 0 Å². The molecule has 2 rings (SSSR count). The molecule has 0 aliphatic rings. The largest absolute Gasteiger partial charge is 0.384 e. The number of aliphatic hydroxyl groups is 1. The van der Waals surface area contributed by atoms with E-state index in [0.717, 1.165) is 22.3 Å². The van der Waals surface area contributed by atoms with Crippen molar-refractivity contribution in [1.29, 1.82) is 0 Å². The average Bonchev–Trinajstić information content (AvgIpc) is 2.25.